The third kappa shape index (κ3) is 3.21. The number of hydrogen-bond donors (Lipinski definition) is 0. The molecule has 0 spiro atoms. The van der Waals surface area contributed by atoms with Gasteiger partial charge < -0.3 is 14.4 Å². The highest BCUT2D eigenvalue weighted by molar-refractivity contribution is 6.31. The van der Waals surface area contributed by atoms with Gasteiger partial charge in [-0.05, 0) is 25.2 Å². The zero-order valence-corrected chi connectivity index (χ0v) is 13.7. The molecule has 2 aliphatic rings. The number of halogens is 1. The van der Waals surface area contributed by atoms with Crippen LogP contribution in [0.4, 0.5) is 0 Å². The van der Waals surface area contributed by atoms with Crippen molar-refractivity contribution in [3.63, 3.8) is 0 Å². The second kappa shape index (κ2) is 6.44. The Labute approximate surface area is 135 Å². The molecule has 2 saturated heterocycles. The molecule has 22 heavy (non-hydrogen) atoms. The summed E-state index contributed by atoms with van der Waals surface area (Å²) in [6.07, 6.45) is 0. The van der Waals surface area contributed by atoms with Crippen LogP contribution in [0.25, 0.3) is 0 Å². The van der Waals surface area contributed by atoms with E-state index in [4.69, 9.17) is 21.1 Å². The molecule has 1 aromatic carbocycles. The Morgan fingerprint density at radius 3 is 2.86 bits per heavy atom. The number of fused-ring (bicyclic) bond motifs is 3. The van der Waals surface area contributed by atoms with E-state index in [0.29, 0.717) is 48.6 Å². The second-order valence-electron chi connectivity index (χ2n) is 6.09. The molecule has 2 fully saturated rings. The van der Waals surface area contributed by atoms with Gasteiger partial charge in [-0.25, -0.2) is 0 Å². The number of nitrogens with zero attached hydrogens (tertiary/aromatic N) is 2. The Balaban J connectivity index is 1.84. The molecule has 2 aliphatic heterocycles. The fourth-order valence-electron chi connectivity index (χ4n) is 3.20. The number of hydrogen-bond acceptors (Lipinski definition) is 4. The van der Waals surface area contributed by atoms with Crippen molar-refractivity contribution in [1.82, 2.24) is 9.80 Å². The molecular weight excluding hydrogens is 304 g/mol. The van der Waals surface area contributed by atoms with E-state index >= 15 is 0 Å². The van der Waals surface area contributed by atoms with Crippen molar-refractivity contribution >= 4 is 17.5 Å². The van der Waals surface area contributed by atoms with E-state index in [-0.39, 0.29) is 11.9 Å². The summed E-state index contributed by atoms with van der Waals surface area (Å²) in [5.74, 6) is 0.960. The first kappa shape index (κ1) is 15.6. The summed E-state index contributed by atoms with van der Waals surface area (Å²) >= 11 is 6.08. The van der Waals surface area contributed by atoms with Crippen LogP contribution in [0.3, 0.4) is 0 Å². The topological polar surface area (TPSA) is 42.0 Å². The van der Waals surface area contributed by atoms with Crippen LogP contribution in [-0.2, 0) is 4.74 Å². The maximum absolute atomic E-state index is 12.9. The Bertz CT molecular complexity index is 566. The van der Waals surface area contributed by atoms with Crippen molar-refractivity contribution in [2.24, 2.45) is 5.92 Å². The lowest BCUT2D eigenvalue weighted by Gasteiger charge is -2.30. The molecule has 5 nitrogen and oxygen atoms in total. The predicted octanol–water partition coefficient (Wildman–Crippen LogP) is 1.75. The number of carbonyl (C=O) groups excluding carboxylic acids is 1. The molecule has 120 valence electrons. The highest BCUT2D eigenvalue weighted by Gasteiger charge is 2.33. The highest BCUT2D eigenvalue weighted by atomic mass is 35.5. The molecular formula is C16H21ClN2O3. The van der Waals surface area contributed by atoms with Crippen LogP contribution in [0.1, 0.15) is 10.4 Å². The summed E-state index contributed by atoms with van der Waals surface area (Å²) in [5, 5.41) is 0.512. The molecule has 0 unspecified atom stereocenters. The van der Waals surface area contributed by atoms with Gasteiger partial charge in [0, 0.05) is 36.1 Å². The number of benzene rings is 1. The van der Waals surface area contributed by atoms with E-state index in [2.05, 4.69) is 11.9 Å². The summed E-state index contributed by atoms with van der Waals surface area (Å²) in [4.78, 5) is 17.1. The summed E-state index contributed by atoms with van der Waals surface area (Å²) in [5.41, 5.74) is 0.577. The first-order valence-corrected chi connectivity index (χ1v) is 7.86. The number of methoxy groups -OCH3 is 1. The molecule has 3 rings (SSSR count). The largest absolute Gasteiger partial charge is 0.497 e. The van der Waals surface area contributed by atoms with Crippen LogP contribution in [0.2, 0.25) is 5.02 Å². The Hall–Kier alpha value is -1.30. The predicted molar refractivity (Wildman–Crippen MR) is 84.6 cm³/mol. The minimum Gasteiger partial charge on any atom is -0.497 e. The zero-order valence-electron chi connectivity index (χ0n) is 12.9. The molecule has 1 aromatic rings. The SMILES string of the molecule is COc1cc(Cl)cc(C(=O)N2C[C@@H]3COC[C@H](C2)N(C)C3)c1. The van der Waals surface area contributed by atoms with Gasteiger partial charge in [-0.3, -0.25) is 9.69 Å². The van der Waals surface area contributed by atoms with Crippen molar-refractivity contribution in [3.8, 4) is 5.75 Å². The maximum Gasteiger partial charge on any atom is 0.254 e. The van der Waals surface area contributed by atoms with Gasteiger partial charge in [0.25, 0.3) is 5.91 Å². The third-order valence-electron chi connectivity index (χ3n) is 4.38. The van der Waals surface area contributed by atoms with Crippen LogP contribution in [0.15, 0.2) is 18.2 Å². The fraction of sp³-hybridized carbons (Fsp3) is 0.562. The van der Waals surface area contributed by atoms with Gasteiger partial charge in [0.2, 0.25) is 0 Å². The smallest absolute Gasteiger partial charge is 0.254 e. The standard InChI is InChI=1S/C16H21ClN2O3/c1-18-6-11-7-19(8-14(18)10-22-9-11)16(20)12-3-13(17)5-15(4-12)21-2/h3-5,11,14H,6-10H2,1-2H3/t11-,14+/m1/s1. The lowest BCUT2D eigenvalue weighted by Crippen LogP contribution is -2.44. The van der Waals surface area contributed by atoms with Crippen LogP contribution < -0.4 is 4.74 Å². The van der Waals surface area contributed by atoms with E-state index in [9.17, 15) is 4.79 Å². The molecule has 2 atom stereocenters. The van der Waals surface area contributed by atoms with Crippen molar-refractivity contribution in [2.75, 3.05) is 47.0 Å². The van der Waals surface area contributed by atoms with E-state index in [1.807, 2.05) is 4.90 Å². The highest BCUT2D eigenvalue weighted by Crippen LogP contribution is 2.24. The van der Waals surface area contributed by atoms with Crippen molar-refractivity contribution in [2.45, 2.75) is 6.04 Å². The molecule has 0 aliphatic carbocycles. The molecule has 0 saturated carbocycles. The van der Waals surface area contributed by atoms with Gasteiger partial charge in [0.15, 0.2) is 0 Å². The van der Waals surface area contributed by atoms with Crippen LogP contribution >= 0.6 is 11.6 Å². The van der Waals surface area contributed by atoms with E-state index in [0.717, 1.165) is 6.54 Å². The average molecular weight is 325 g/mol. The third-order valence-corrected chi connectivity index (χ3v) is 4.60. The number of likely N-dealkylation sites (N-methyl/N-ethyl adjacent to an activating group) is 1. The molecule has 0 aromatic heterocycles. The van der Waals surface area contributed by atoms with Crippen LogP contribution in [-0.4, -0.2) is 68.8 Å². The van der Waals surface area contributed by atoms with Gasteiger partial charge in [0.05, 0.1) is 26.4 Å². The Kier molecular flexibility index (Phi) is 4.57. The number of ether oxygens (including phenoxy) is 2. The summed E-state index contributed by atoms with van der Waals surface area (Å²) < 4.78 is 10.9. The first-order valence-electron chi connectivity index (χ1n) is 7.48. The van der Waals surface area contributed by atoms with Gasteiger partial charge in [-0.2, -0.15) is 0 Å². The molecule has 0 radical (unpaired) electrons. The summed E-state index contributed by atoms with van der Waals surface area (Å²) in [7, 11) is 3.67. The van der Waals surface area contributed by atoms with Gasteiger partial charge >= 0.3 is 0 Å². The average Bonchev–Trinajstić information content (AvgIpc) is 2.74. The molecule has 0 N–H and O–H groups in total. The van der Waals surface area contributed by atoms with Crippen molar-refractivity contribution in [1.29, 1.82) is 0 Å². The second-order valence-corrected chi connectivity index (χ2v) is 6.52. The monoisotopic (exact) mass is 324 g/mol. The normalized spacial score (nSPS) is 25.7. The van der Waals surface area contributed by atoms with E-state index in [1.165, 1.54) is 0 Å². The summed E-state index contributed by atoms with van der Waals surface area (Å²) in [6.45, 7) is 3.75. The Morgan fingerprint density at radius 2 is 2.09 bits per heavy atom. The van der Waals surface area contributed by atoms with Gasteiger partial charge in [-0.15, -0.1) is 0 Å². The van der Waals surface area contributed by atoms with E-state index < -0.39 is 0 Å². The fourth-order valence-corrected chi connectivity index (χ4v) is 3.43. The van der Waals surface area contributed by atoms with Crippen molar-refractivity contribution < 1.29 is 14.3 Å². The number of amides is 1. The number of rotatable bonds is 2. The zero-order chi connectivity index (χ0) is 15.7. The first-order chi connectivity index (χ1) is 10.6. The lowest BCUT2D eigenvalue weighted by atomic mass is 10.1. The van der Waals surface area contributed by atoms with Crippen molar-refractivity contribution in [3.05, 3.63) is 28.8 Å². The minimum absolute atomic E-state index is 0.00741. The van der Waals surface area contributed by atoms with Gasteiger partial charge in [0.1, 0.15) is 5.75 Å². The molecule has 2 heterocycles. The van der Waals surface area contributed by atoms with Gasteiger partial charge in [-0.1, -0.05) is 11.6 Å². The van der Waals surface area contributed by atoms with Crippen LogP contribution in [0.5, 0.6) is 5.75 Å². The quantitative estimate of drug-likeness (QED) is 0.831. The Morgan fingerprint density at radius 1 is 1.27 bits per heavy atom. The lowest BCUT2D eigenvalue weighted by molar-refractivity contribution is 0.0433. The van der Waals surface area contributed by atoms with E-state index in [1.54, 1.807) is 25.3 Å². The summed E-state index contributed by atoms with van der Waals surface area (Å²) in [6, 6.07) is 5.40. The molecule has 6 heteroatoms. The molecule has 2 bridgehead atoms. The van der Waals surface area contributed by atoms with Crippen LogP contribution in [0, 0.1) is 5.92 Å². The number of carbonyl (C=O) groups is 1. The molecule has 1 amide bonds. The minimum atomic E-state index is 0.00741. The maximum atomic E-state index is 12.9.